The maximum atomic E-state index is 13.0. The highest BCUT2D eigenvalue weighted by Gasteiger charge is 2.22. The normalized spacial score (nSPS) is 13.8. The van der Waals surface area contributed by atoms with Crippen molar-refractivity contribution in [1.82, 2.24) is 9.80 Å². The number of hydrogen-bond acceptors (Lipinski definition) is 6. The topological polar surface area (TPSA) is 60.5 Å². The summed E-state index contributed by atoms with van der Waals surface area (Å²) in [6.45, 7) is 8.03. The SMILES string of the molecule is C=C(CCN(C)C[C@H](C)c1ccc(OC)c(OC)c1)N1C=Cc2cc(OC)c(OC)cc2CC1=O. The number of likely N-dealkylation sites (N-methyl/N-ethyl adjacent to an activating group) is 1. The Hall–Kier alpha value is -3.45. The summed E-state index contributed by atoms with van der Waals surface area (Å²) in [5.41, 5.74) is 3.79. The van der Waals surface area contributed by atoms with Crippen molar-refractivity contribution < 1.29 is 23.7 Å². The van der Waals surface area contributed by atoms with Crippen molar-refractivity contribution in [3.8, 4) is 23.0 Å². The van der Waals surface area contributed by atoms with E-state index in [1.807, 2.05) is 30.3 Å². The fourth-order valence-corrected chi connectivity index (χ4v) is 4.28. The number of fused-ring (bicyclic) bond motifs is 1. The lowest BCUT2D eigenvalue weighted by atomic mass is 10.00. The van der Waals surface area contributed by atoms with Crippen molar-refractivity contribution in [2.24, 2.45) is 0 Å². The predicted octanol–water partition coefficient (Wildman–Crippen LogP) is 4.72. The quantitative estimate of drug-likeness (QED) is 0.464. The van der Waals surface area contributed by atoms with E-state index in [1.165, 1.54) is 5.56 Å². The fraction of sp³-hybridized carbons (Fsp3) is 0.393. The summed E-state index contributed by atoms with van der Waals surface area (Å²) in [6.07, 6.45) is 4.67. The molecule has 2 aromatic rings. The van der Waals surface area contributed by atoms with Gasteiger partial charge in [-0.1, -0.05) is 19.6 Å². The van der Waals surface area contributed by atoms with Crippen LogP contribution in [0.2, 0.25) is 0 Å². The zero-order valence-electron chi connectivity index (χ0n) is 21.6. The molecule has 0 saturated heterocycles. The second-order valence-corrected chi connectivity index (χ2v) is 8.76. The minimum Gasteiger partial charge on any atom is -0.493 e. The van der Waals surface area contributed by atoms with Crippen molar-refractivity contribution in [3.05, 3.63) is 65.5 Å². The Labute approximate surface area is 208 Å². The maximum absolute atomic E-state index is 13.0. The molecule has 35 heavy (non-hydrogen) atoms. The highest BCUT2D eigenvalue weighted by atomic mass is 16.5. The lowest BCUT2D eigenvalue weighted by Crippen LogP contribution is -2.29. The van der Waals surface area contributed by atoms with Gasteiger partial charge < -0.3 is 23.8 Å². The number of rotatable bonds is 11. The van der Waals surface area contributed by atoms with Gasteiger partial charge in [0.2, 0.25) is 5.91 Å². The van der Waals surface area contributed by atoms with Crippen LogP contribution in [0.5, 0.6) is 23.0 Å². The molecule has 0 bridgehead atoms. The number of benzene rings is 2. The third-order valence-electron chi connectivity index (χ3n) is 6.34. The average Bonchev–Trinajstić information content (AvgIpc) is 3.03. The molecule has 188 valence electrons. The molecule has 0 aliphatic carbocycles. The molecule has 0 N–H and O–H groups in total. The first-order chi connectivity index (χ1) is 16.8. The van der Waals surface area contributed by atoms with Crippen molar-refractivity contribution in [2.75, 3.05) is 48.6 Å². The van der Waals surface area contributed by atoms with E-state index in [0.29, 0.717) is 23.8 Å². The average molecular weight is 481 g/mol. The van der Waals surface area contributed by atoms with Crippen LogP contribution in [-0.4, -0.2) is 64.3 Å². The summed E-state index contributed by atoms with van der Waals surface area (Å²) >= 11 is 0. The molecule has 0 saturated carbocycles. The third kappa shape index (κ3) is 6.17. The third-order valence-corrected chi connectivity index (χ3v) is 6.34. The molecular weight excluding hydrogens is 444 g/mol. The molecule has 0 fully saturated rings. The second kappa shape index (κ2) is 11.8. The molecule has 2 aromatic carbocycles. The van der Waals surface area contributed by atoms with Gasteiger partial charge in [-0.2, -0.15) is 0 Å². The molecular formula is C28H36N2O5. The Morgan fingerprint density at radius 1 is 1.00 bits per heavy atom. The van der Waals surface area contributed by atoms with Crippen molar-refractivity contribution >= 4 is 12.0 Å². The van der Waals surface area contributed by atoms with E-state index in [1.54, 1.807) is 39.5 Å². The zero-order valence-corrected chi connectivity index (χ0v) is 21.6. The number of carbonyl (C=O) groups excluding carboxylic acids is 1. The molecule has 0 radical (unpaired) electrons. The van der Waals surface area contributed by atoms with E-state index in [-0.39, 0.29) is 12.3 Å². The van der Waals surface area contributed by atoms with Gasteiger partial charge in [0.05, 0.1) is 34.9 Å². The highest BCUT2D eigenvalue weighted by molar-refractivity contribution is 5.85. The predicted molar refractivity (Wildman–Crippen MR) is 138 cm³/mol. The molecule has 0 aromatic heterocycles. The summed E-state index contributed by atoms with van der Waals surface area (Å²) in [5, 5.41) is 0. The maximum Gasteiger partial charge on any atom is 0.235 e. The number of ether oxygens (including phenoxy) is 4. The fourth-order valence-electron chi connectivity index (χ4n) is 4.28. The molecule has 0 spiro atoms. The van der Waals surface area contributed by atoms with E-state index in [4.69, 9.17) is 18.9 Å². The van der Waals surface area contributed by atoms with Gasteiger partial charge in [-0.25, -0.2) is 0 Å². The number of methoxy groups -OCH3 is 4. The lowest BCUT2D eigenvalue weighted by Gasteiger charge is -2.25. The van der Waals surface area contributed by atoms with Gasteiger partial charge in [0.25, 0.3) is 0 Å². The monoisotopic (exact) mass is 480 g/mol. The van der Waals surface area contributed by atoms with Gasteiger partial charge in [0.1, 0.15) is 0 Å². The first kappa shape index (κ1) is 26.2. The van der Waals surface area contributed by atoms with Crippen molar-refractivity contribution in [2.45, 2.75) is 25.7 Å². The van der Waals surface area contributed by atoms with E-state index in [2.05, 4.69) is 31.5 Å². The van der Waals surface area contributed by atoms with E-state index in [9.17, 15) is 4.79 Å². The van der Waals surface area contributed by atoms with Crippen LogP contribution in [0, 0.1) is 0 Å². The standard InChI is InChI=1S/C28H36N2O5/c1-19(21-8-9-24(32-4)25(14-21)33-5)18-29(3)12-10-20(2)30-13-11-22-15-26(34-6)27(35-7)16-23(22)17-28(30)31/h8-9,11,13-16,19H,2,10,12,17-18H2,1,3-7H3/t19-/m0/s1. The van der Waals surface area contributed by atoms with Crippen molar-refractivity contribution in [1.29, 1.82) is 0 Å². The Morgan fingerprint density at radius 2 is 1.63 bits per heavy atom. The number of hydrogen-bond donors (Lipinski definition) is 0. The van der Waals surface area contributed by atoms with Crippen LogP contribution in [0.15, 0.2) is 48.8 Å². The molecule has 0 unspecified atom stereocenters. The lowest BCUT2D eigenvalue weighted by molar-refractivity contribution is -0.126. The molecule has 1 aliphatic rings. The Balaban J connectivity index is 1.60. The van der Waals surface area contributed by atoms with Crippen molar-refractivity contribution in [3.63, 3.8) is 0 Å². The van der Waals surface area contributed by atoms with Crippen LogP contribution >= 0.6 is 0 Å². The van der Waals surface area contributed by atoms with E-state index < -0.39 is 0 Å². The number of nitrogens with zero attached hydrogens (tertiary/aromatic N) is 2. The summed E-state index contributed by atoms with van der Waals surface area (Å²) in [7, 11) is 8.56. The molecule has 1 heterocycles. The summed E-state index contributed by atoms with van der Waals surface area (Å²) in [5.74, 6) is 2.99. The molecule has 3 rings (SSSR count). The molecule has 1 atom stereocenters. The minimum atomic E-state index is -0.0152. The van der Waals surface area contributed by atoms with Crippen LogP contribution in [0.4, 0.5) is 0 Å². The van der Waals surface area contributed by atoms with Crippen LogP contribution in [0.3, 0.4) is 0 Å². The molecule has 1 amide bonds. The second-order valence-electron chi connectivity index (χ2n) is 8.76. The zero-order chi connectivity index (χ0) is 25.5. The molecule has 7 heteroatoms. The smallest absolute Gasteiger partial charge is 0.235 e. The Bertz CT molecular complexity index is 1090. The van der Waals surface area contributed by atoms with Gasteiger partial charge in [-0.05, 0) is 60.0 Å². The van der Waals surface area contributed by atoms with Gasteiger partial charge in [-0.15, -0.1) is 0 Å². The summed E-state index contributed by atoms with van der Waals surface area (Å²) in [4.78, 5) is 16.9. The van der Waals surface area contributed by atoms with Gasteiger partial charge >= 0.3 is 0 Å². The number of amides is 1. The molecule has 1 aliphatic heterocycles. The van der Waals surface area contributed by atoms with Gasteiger partial charge in [0.15, 0.2) is 23.0 Å². The van der Waals surface area contributed by atoms with Crippen LogP contribution in [0.25, 0.3) is 6.08 Å². The van der Waals surface area contributed by atoms with Gasteiger partial charge in [0, 0.05) is 31.4 Å². The first-order valence-electron chi connectivity index (χ1n) is 11.6. The summed E-state index contributed by atoms with van der Waals surface area (Å²) < 4.78 is 21.6. The van der Waals surface area contributed by atoms with Crippen LogP contribution in [0.1, 0.15) is 36.0 Å². The van der Waals surface area contributed by atoms with Gasteiger partial charge in [-0.3, -0.25) is 9.69 Å². The molecule has 7 nitrogen and oxygen atoms in total. The summed E-state index contributed by atoms with van der Waals surface area (Å²) in [6, 6.07) is 9.80. The first-order valence-corrected chi connectivity index (χ1v) is 11.6. The van der Waals surface area contributed by atoms with E-state index >= 15 is 0 Å². The van der Waals surface area contributed by atoms with Crippen LogP contribution < -0.4 is 18.9 Å². The largest absolute Gasteiger partial charge is 0.493 e. The Morgan fingerprint density at radius 3 is 2.29 bits per heavy atom. The Kier molecular flexibility index (Phi) is 8.82. The number of carbonyl (C=O) groups is 1. The van der Waals surface area contributed by atoms with Crippen LogP contribution in [-0.2, 0) is 11.2 Å². The minimum absolute atomic E-state index is 0.0152. The van der Waals surface area contributed by atoms with E-state index in [0.717, 1.165) is 41.4 Å². The highest BCUT2D eigenvalue weighted by Crippen LogP contribution is 2.33.